The van der Waals surface area contributed by atoms with Crippen molar-refractivity contribution in [3.63, 3.8) is 0 Å². The second-order valence-electron chi connectivity index (χ2n) is 4.87. The third-order valence-corrected chi connectivity index (χ3v) is 3.64. The van der Waals surface area contributed by atoms with Crippen molar-refractivity contribution in [3.05, 3.63) is 34.1 Å². The minimum absolute atomic E-state index is 0.258. The topological polar surface area (TPSA) is 20.2 Å². The highest BCUT2D eigenvalue weighted by Gasteiger charge is 2.21. The Kier molecular flexibility index (Phi) is 5.60. The molecule has 1 aromatic rings. The zero-order valence-electron chi connectivity index (χ0n) is 10.5. The molecule has 1 N–H and O–H groups in total. The van der Waals surface area contributed by atoms with E-state index in [0.717, 1.165) is 35.7 Å². The molecule has 0 fully saturated rings. The zero-order valence-corrected chi connectivity index (χ0v) is 12.1. The van der Waals surface area contributed by atoms with Crippen molar-refractivity contribution in [3.8, 4) is 0 Å². The average Bonchev–Trinajstić information content (AvgIpc) is 2.22. The van der Waals surface area contributed by atoms with E-state index in [2.05, 4.69) is 22.9 Å². The molecular weight excluding hydrogens is 283 g/mol. The van der Waals surface area contributed by atoms with Crippen LogP contribution in [-0.2, 0) is 6.42 Å². The van der Waals surface area contributed by atoms with Crippen LogP contribution in [0.15, 0.2) is 22.7 Å². The summed E-state index contributed by atoms with van der Waals surface area (Å²) in [7, 11) is 0. The molecule has 0 amide bonds. The molecule has 1 aromatic carbocycles. The molecule has 17 heavy (non-hydrogen) atoms. The van der Waals surface area contributed by atoms with Crippen LogP contribution in [0, 0.1) is 5.82 Å². The highest BCUT2D eigenvalue weighted by molar-refractivity contribution is 9.10. The Hall–Kier alpha value is -0.410. The lowest BCUT2D eigenvalue weighted by molar-refractivity contribution is 0.0484. The fraction of sp³-hybridized carbons (Fsp3) is 0.571. The van der Waals surface area contributed by atoms with Crippen molar-refractivity contribution >= 4 is 15.9 Å². The summed E-state index contributed by atoms with van der Waals surface area (Å²) in [4.78, 5) is 0. The van der Waals surface area contributed by atoms with Crippen molar-refractivity contribution in [2.75, 3.05) is 0 Å². The van der Waals surface area contributed by atoms with Crippen LogP contribution in [0.4, 0.5) is 4.39 Å². The monoisotopic (exact) mass is 302 g/mol. The molecule has 0 aliphatic heterocycles. The molecule has 0 spiro atoms. The van der Waals surface area contributed by atoms with Crippen molar-refractivity contribution in [1.29, 1.82) is 0 Å². The highest BCUT2D eigenvalue weighted by atomic mass is 79.9. The Morgan fingerprint density at radius 3 is 2.65 bits per heavy atom. The lowest BCUT2D eigenvalue weighted by Crippen LogP contribution is -2.27. The summed E-state index contributed by atoms with van der Waals surface area (Å²) in [5.41, 5.74) is 0.239. The maximum Gasteiger partial charge on any atom is 0.124 e. The largest absolute Gasteiger partial charge is 0.390 e. The molecule has 0 aliphatic rings. The summed E-state index contributed by atoms with van der Waals surface area (Å²) in [6.07, 6.45) is 4.65. The summed E-state index contributed by atoms with van der Waals surface area (Å²) < 4.78 is 13.7. The summed E-state index contributed by atoms with van der Waals surface area (Å²) in [5, 5.41) is 10.3. The van der Waals surface area contributed by atoms with Gasteiger partial charge >= 0.3 is 0 Å². The Labute approximate surface area is 111 Å². The molecule has 1 rings (SSSR count). The second kappa shape index (κ2) is 6.50. The molecule has 0 aliphatic carbocycles. The lowest BCUT2D eigenvalue weighted by Gasteiger charge is -2.24. The minimum Gasteiger partial charge on any atom is -0.390 e. The number of unbranched alkanes of at least 4 members (excludes halogenated alkanes) is 2. The molecule has 0 saturated heterocycles. The second-order valence-corrected chi connectivity index (χ2v) is 5.72. The number of rotatable bonds is 6. The standard InChI is InChI=1S/C14H20BrFO/c1-3-4-5-8-14(2,17)10-11-6-7-12(16)9-13(11)15/h6-7,9,17H,3-5,8,10H2,1-2H3. The third kappa shape index (κ3) is 5.17. The smallest absolute Gasteiger partial charge is 0.124 e. The van der Waals surface area contributed by atoms with Gasteiger partial charge in [0.1, 0.15) is 5.82 Å². The number of aliphatic hydroxyl groups is 1. The number of benzene rings is 1. The molecule has 0 radical (unpaired) electrons. The summed E-state index contributed by atoms with van der Waals surface area (Å²) in [6, 6.07) is 4.60. The highest BCUT2D eigenvalue weighted by Crippen LogP contribution is 2.25. The van der Waals surface area contributed by atoms with Gasteiger partial charge in [-0.15, -0.1) is 0 Å². The van der Waals surface area contributed by atoms with Crippen molar-refractivity contribution in [2.45, 2.75) is 51.6 Å². The van der Waals surface area contributed by atoms with Crippen LogP contribution in [0.2, 0.25) is 0 Å². The zero-order chi connectivity index (χ0) is 12.9. The van der Waals surface area contributed by atoms with Gasteiger partial charge in [0, 0.05) is 10.9 Å². The van der Waals surface area contributed by atoms with E-state index < -0.39 is 5.60 Å². The van der Waals surface area contributed by atoms with Crippen LogP contribution in [0.3, 0.4) is 0 Å². The van der Waals surface area contributed by atoms with E-state index in [4.69, 9.17) is 0 Å². The maximum atomic E-state index is 12.9. The molecule has 1 atom stereocenters. The fourth-order valence-corrected chi connectivity index (χ4v) is 2.41. The number of hydrogen-bond donors (Lipinski definition) is 1. The van der Waals surface area contributed by atoms with Gasteiger partial charge in [0.25, 0.3) is 0 Å². The molecule has 1 nitrogen and oxygen atoms in total. The van der Waals surface area contributed by atoms with Gasteiger partial charge in [0.15, 0.2) is 0 Å². The fourth-order valence-electron chi connectivity index (χ4n) is 1.92. The van der Waals surface area contributed by atoms with Crippen LogP contribution in [0.1, 0.15) is 45.1 Å². The quantitative estimate of drug-likeness (QED) is 0.769. The van der Waals surface area contributed by atoms with Crippen LogP contribution in [0.25, 0.3) is 0 Å². The van der Waals surface area contributed by atoms with E-state index in [1.807, 2.05) is 6.92 Å². The SMILES string of the molecule is CCCCCC(C)(O)Cc1ccc(F)cc1Br. The molecule has 3 heteroatoms. The summed E-state index contributed by atoms with van der Waals surface area (Å²) >= 11 is 3.33. The van der Waals surface area contributed by atoms with Gasteiger partial charge in [-0.05, 0) is 31.0 Å². The Morgan fingerprint density at radius 2 is 2.06 bits per heavy atom. The van der Waals surface area contributed by atoms with E-state index in [0.29, 0.717) is 6.42 Å². The molecule has 0 saturated carbocycles. The molecule has 0 bridgehead atoms. The molecule has 0 heterocycles. The first-order valence-corrected chi connectivity index (χ1v) is 6.90. The van der Waals surface area contributed by atoms with Gasteiger partial charge in [0.05, 0.1) is 5.60 Å². The lowest BCUT2D eigenvalue weighted by atomic mass is 9.91. The van der Waals surface area contributed by atoms with Crippen LogP contribution >= 0.6 is 15.9 Å². The predicted octanol–water partition coefficient (Wildman–Crippen LogP) is 4.46. The Balaban J connectivity index is 2.62. The number of halogens is 2. The normalized spacial score (nSPS) is 14.6. The van der Waals surface area contributed by atoms with E-state index >= 15 is 0 Å². The Morgan fingerprint density at radius 1 is 1.35 bits per heavy atom. The van der Waals surface area contributed by atoms with Crippen molar-refractivity contribution in [2.24, 2.45) is 0 Å². The Bertz CT molecular complexity index is 363. The first-order valence-electron chi connectivity index (χ1n) is 6.11. The average molecular weight is 303 g/mol. The van der Waals surface area contributed by atoms with Gasteiger partial charge in [-0.2, -0.15) is 0 Å². The first kappa shape index (κ1) is 14.7. The van der Waals surface area contributed by atoms with E-state index in [-0.39, 0.29) is 5.82 Å². The molecule has 96 valence electrons. The third-order valence-electron chi connectivity index (χ3n) is 2.91. The molecule has 0 aromatic heterocycles. The number of hydrogen-bond acceptors (Lipinski definition) is 1. The van der Waals surface area contributed by atoms with Gasteiger partial charge in [-0.3, -0.25) is 0 Å². The predicted molar refractivity (Wildman–Crippen MR) is 72.6 cm³/mol. The maximum absolute atomic E-state index is 12.9. The molecular formula is C14H20BrFO. The van der Waals surface area contributed by atoms with Gasteiger partial charge in [0.2, 0.25) is 0 Å². The van der Waals surface area contributed by atoms with Gasteiger partial charge in [-0.1, -0.05) is 48.2 Å². The van der Waals surface area contributed by atoms with Crippen molar-refractivity contribution in [1.82, 2.24) is 0 Å². The summed E-state index contributed by atoms with van der Waals surface area (Å²) in [6.45, 7) is 3.99. The van der Waals surface area contributed by atoms with Crippen LogP contribution in [0.5, 0.6) is 0 Å². The van der Waals surface area contributed by atoms with E-state index in [9.17, 15) is 9.50 Å². The molecule has 1 unspecified atom stereocenters. The van der Waals surface area contributed by atoms with Crippen molar-refractivity contribution < 1.29 is 9.50 Å². The first-order chi connectivity index (χ1) is 7.94. The van der Waals surface area contributed by atoms with E-state index in [1.54, 1.807) is 6.07 Å². The van der Waals surface area contributed by atoms with Gasteiger partial charge in [-0.25, -0.2) is 4.39 Å². The summed E-state index contributed by atoms with van der Waals surface area (Å²) in [5.74, 6) is -0.258. The minimum atomic E-state index is -0.713. The van der Waals surface area contributed by atoms with Crippen LogP contribution in [-0.4, -0.2) is 10.7 Å². The van der Waals surface area contributed by atoms with Gasteiger partial charge < -0.3 is 5.11 Å². The van der Waals surface area contributed by atoms with E-state index in [1.165, 1.54) is 12.1 Å². The van der Waals surface area contributed by atoms with Crippen LogP contribution < -0.4 is 0 Å².